The number of fused-ring (bicyclic) bond motifs is 1. The van der Waals surface area contributed by atoms with Gasteiger partial charge in [0, 0.05) is 0 Å². The highest BCUT2D eigenvalue weighted by Crippen LogP contribution is 2.27. The highest BCUT2D eigenvalue weighted by atomic mass is 16.5. The van der Waals surface area contributed by atoms with Crippen LogP contribution in [0.4, 0.5) is 17.3 Å². The molecule has 2 rings (SSSR count). The third kappa shape index (κ3) is 0.849. The monoisotopic (exact) mass is 165 g/mol. The summed E-state index contributed by atoms with van der Waals surface area (Å²) in [6, 6.07) is 0.229. The van der Waals surface area contributed by atoms with Gasteiger partial charge >= 0.3 is 11.8 Å². The molecule has 3 N–H and O–H groups in total. The Morgan fingerprint density at radius 3 is 3.17 bits per heavy atom. The van der Waals surface area contributed by atoms with E-state index in [-0.39, 0.29) is 6.01 Å². The topological polar surface area (TPSA) is 87.2 Å². The molecule has 0 amide bonds. The van der Waals surface area contributed by atoms with Crippen molar-refractivity contribution in [2.75, 3.05) is 18.2 Å². The van der Waals surface area contributed by atoms with Gasteiger partial charge in [0.15, 0.2) is 5.82 Å². The number of rotatable bonds is 1. The van der Waals surface area contributed by atoms with E-state index >= 15 is 0 Å². The molecule has 1 aromatic heterocycles. The van der Waals surface area contributed by atoms with Gasteiger partial charge in [0.1, 0.15) is 0 Å². The lowest BCUT2D eigenvalue weighted by atomic mass is 10.4. The first-order chi connectivity index (χ1) is 5.81. The molecule has 1 aliphatic rings. The fraction of sp³-hybridized carbons (Fsp3) is 0.167. The van der Waals surface area contributed by atoms with Crippen molar-refractivity contribution >= 4 is 23.7 Å². The Bertz CT molecular complexity index is 348. The van der Waals surface area contributed by atoms with E-state index in [1.165, 1.54) is 13.4 Å². The number of nitrogens with one attached hydrogen (secondary N) is 1. The van der Waals surface area contributed by atoms with E-state index in [4.69, 9.17) is 10.5 Å². The van der Waals surface area contributed by atoms with Crippen LogP contribution in [-0.2, 0) is 0 Å². The molecule has 0 aliphatic carbocycles. The largest absolute Gasteiger partial charge is 0.454 e. The van der Waals surface area contributed by atoms with Crippen LogP contribution < -0.4 is 20.8 Å². The molecule has 6 nitrogen and oxygen atoms in total. The van der Waals surface area contributed by atoms with Crippen LogP contribution in [0, 0.1) is 0 Å². The maximum Gasteiger partial charge on any atom is 0.397 e. The van der Waals surface area contributed by atoms with E-state index in [1.54, 1.807) is 0 Å². The fourth-order valence-electron chi connectivity index (χ4n) is 0.926. The number of nitrogens with zero attached hydrogens (tertiary/aromatic N) is 3. The Morgan fingerprint density at radius 1 is 1.58 bits per heavy atom. The number of nitrogen functional groups attached to an aromatic ring is 1. The third-order valence-electron chi connectivity index (χ3n) is 1.48. The van der Waals surface area contributed by atoms with Crippen LogP contribution in [-0.4, -0.2) is 23.4 Å². The van der Waals surface area contributed by atoms with Crippen LogP contribution in [0.1, 0.15) is 0 Å². The molecule has 0 saturated heterocycles. The molecule has 12 heavy (non-hydrogen) atoms. The van der Waals surface area contributed by atoms with E-state index in [0.29, 0.717) is 17.3 Å². The zero-order valence-corrected chi connectivity index (χ0v) is 6.40. The van der Waals surface area contributed by atoms with Crippen molar-refractivity contribution in [1.29, 1.82) is 0 Å². The van der Waals surface area contributed by atoms with Gasteiger partial charge in [0.25, 0.3) is 0 Å². The van der Waals surface area contributed by atoms with Crippen LogP contribution in [0.2, 0.25) is 0 Å². The van der Waals surface area contributed by atoms with Gasteiger partial charge in [-0.15, -0.1) is 0 Å². The average molecular weight is 165 g/mol. The number of methoxy groups -OCH3 is 1. The molecule has 0 aromatic carbocycles. The van der Waals surface area contributed by atoms with Gasteiger partial charge < -0.3 is 10.5 Å². The van der Waals surface area contributed by atoms with Crippen molar-refractivity contribution in [3.05, 3.63) is 0 Å². The number of aromatic nitrogens is 2. The number of hydrogen-bond donors (Lipinski definition) is 2. The second-order valence-electron chi connectivity index (χ2n) is 2.20. The average Bonchev–Trinajstić information content (AvgIpc) is 2.52. The predicted octanol–water partition coefficient (Wildman–Crippen LogP) is -0.512. The minimum Gasteiger partial charge on any atom is -0.454 e. The summed E-state index contributed by atoms with van der Waals surface area (Å²) in [6.45, 7) is 0. The van der Waals surface area contributed by atoms with Crippen molar-refractivity contribution in [3.8, 4) is 6.01 Å². The molecule has 0 atom stereocenters. The molecule has 1 aromatic rings. The predicted molar refractivity (Wildman–Crippen MR) is 44.5 cm³/mol. The first kappa shape index (κ1) is 6.84. The molecule has 0 bridgehead atoms. The maximum atomic E-state index is 5.57. The zero-order chi connectivity index (χ0) is 8.55. The first-order valence-electron chi connectivity index (χ1n) is 3.32. The number of anilines is 2. The molecule has 1 aliphatic heterocycles. The van der Waals surface area contributed by atoms with Crippen molar-refractivity contribution in [2.24, 2.45) is 0 Å². The van der Waals surface area contributed by atoms with Crippen LogP contribution in [0.15, 0.2) is 0 Å². The molecule has 1 radical (unpaired) electrons. The van der Waals surface area contributed by atoms with Crippen molar-refractivity contribution in [2.45, 2.75) is 0 Å². The van der Waals surface area contributed by atoms with Gasteiger partial charge in [-0.3, -0.25) is 5.32 Å². The van der Waals surface area contributed by atoms with Gasteiger partial charge in [0.05, 0.1) is 7.11 Å². The summed E-state index contributed by atoms with van der Waals surface area (Å²) in [4.78, 5) is 11.7. The third-order valence-corrected chi connectivity index (χ3v) is 1.48. The van der Waals surface area contributed by atoms with Crippen LogP contribution in [0.25, 0.3) is 0 Å². The summed E-state index contributed by atoms with van der Waals surface area (Å²) in [5.41, 5.74) is 6.21. The van der Waals surface area contributed by atoms with Gasteiger partial charge in [0.2, 0.25) is 12.0 Å². The van der Waals surface area contributed by atoms with Crippen molar-refractivity contribution in [1.82, 2.24) is 15.0 Å². The van der Waals surface area contributed by atoms with Gasteiger partial charge in [-0.05, 0) is 4.98 Å². The van der Waals surface area contributed by atoms with Crippen LogP contribution in [0.5, 0.6) is 6.01 Å². The molecule has 61 valence electrons. The summed E-state index contributed by atoms with van der Waals surface area (Å²) >= 11 is 0. The van der Waals surface area contributed by atoms with E-state index in [1.807, 2.05) is 0 Å². The second-order valence-corrected chi connectivity index (χ2v) is 2.20. The quantitative estimate of drug-likeness (QED) is 0.585. The molecule has 0 unspecified atom stereocenters. The fourth-order valence-corrected chi connectivity index (χ4v) is 0.926. The molecular weight excluding hydrogens is 158 g/mol. The molecule has 6 heteroatoms. The number of aliphatic imine (C=N–C) groups is 1. The first-order valence-corrected chi connectivity index (χ1v) is 3.32. The van der Waals surface area contributed by atoms with Crippen LogP contribution in [0.3, 0.4) is 0 Å². The minimum atomic E-state index is 0.229. The van der Waals surface area contributed by atoms with Gasteiger partial charge in [-0.1, -0.05) is 4.99 Å². The van der Waals surface area contributed by atoms with E-state index in [0.717, 1.165) is 0 Å². The zero-order valence-electron chi connectivity index (χ0n) is 6.40. The molecule has 2 heterocycles. The second kappa shape index (κ2) is 2.33. The number of ether oxygens (including phenoxy) is 1. The normalized spacial score (nSPS) is 12.4. The highest BCUT2D eigenvalue weighted by Gasteiger charge is 2.23. The van der Waals surface area contributed by atoms with Gasteiger partial charge in [-0.25, -0.2) is 0 Å². The summed E-state index contributed by atoms with van der Waals surface area (Å²) < 4.78 is 4.82. The van der Waals surface area contributed by atoms with E-state index in [9.17, 15) is 0 Å². The molecule has 0 fully saturated rings. The molecule has 0 saturated carbocycles. The summed E-state index contributed by atoms with van der Waals surface area (Å²) in [6.07, 6.45) is 1.51. The smallest absolute Gasteiger partial charge is 0.397 e. The maximum absolute atomic E-state index is 5.57. The Balaban J connectivity index is 2.56. The SMILES string of the molecule is COc1nc(N)c2c(n1)[N+]=CN2. The van der Waals surface area contributed by atoms with Crippen molar-refractivity contribution < 1.29 is 4.74 Å². The number of hydrogen-bond acceptors (Lipinski definition) is 6. The summed E-state index contributed by atoms with van der Waals surface area (Å²) in [7, 11) is 1.48. The summed E-state index contributed by atoms with van der Waals surface area (Å²) in [5, 5.41) is 2.82. The Kier molecular flexibility index (Phi) is 1.33. The van der Waals surface area contributed by atoms with Crippen LogP contribution >= 0.6 is 0 Å². The molecule has 0 spiro atoms. The van der Waals surface area contributed by atoms with E-state index < -0.39 is 0 Å². The van der Waals surface area contributed by atoms with Crippen molar-refractivity contribution in [3.63, 3.8) is 0 Å². The van der Waals surface area contributed by atoms with Gasteiger partial charge in [-0.2, -0.15) is 4.98 Å². The Morgan fingerprint density at radius 2 is 2.42 bits per heavy atom. The lowest BCUT2D eigenvalue weighted by Crippen LogP contribution is -2.00. The lowest BCUT2D eigenvalue weighted by Gasteiger charge is -1.96. The molecular formula is C6H7N5O+. The number of nitrogens with two attached hydrogens (primary N) is 1. The standard InChI is InChI=1S/C6H7N5O/c1-12-6-10-4(7)3-5(11-6)9-2-8-3/h2,8H,1H3,(H2,7,10,11)/q+1. The summed E-state index contributed by atoms with van der Waals surface area (Å²) in [5.74, 6) is 0.855. The lowest BCUT2D eigenvalue weighted by molar-refractivity contribution is 0.381. The Labute approximate surface area is 68.5 Å². The minimum absolute atomic E-state index is 0.229. The van der Waals surface area contributed by atoms with E-state index in [2.05, 4.69) is 20.3 Å². The Hall–Kier alpha value is -1.85. The highest BCUT2D eigenvalue weighted by molar-refractivity contribution is 5.92.